The molecule has 1 aromatic heterocycles. The van der Waals surface area contributed by atoms with Crippen molar-refractivity contribution in [2.75, 3.05) is 13.1 Å². The molecule has 1 atom stereocenters. The van der Waals surface area contributed by atoms with E-state index in [0.29, 0.717) is 12.7 Å². The highest BCUT2D eigenvalue weighted by Gasteiger charge is 2.12. The van der Waals surface area contributed by atoms with Crippen LogP contribution < -0.4 is 5.32 Å². The number of furan rings is 1. The topological polar surface area (TPSA) is 34.4 Å². The van der Waals surface area contributed by atoms with Gasteiger partial charge in [0, 0.05) is 0 Å². The van der Waals surface area contributed by atoms with E-state index in [1.54, 1.807) is 6.26 Å². The molecule has 1 unspecified atom stereocenters. The fourth-order valence-corrected chi connectivity index (χ4v) is 1.75. The van der Waals surface area contributed by atoms with Gasteiger partial charge in [-0.2, -0.15) is 0 Å². The summed E-state index contributed by atoms with van der Waals surface area (Å²) in [5.74, 6) is 0.919. The Morgan fingerprint density at radius 3 is 3.29 bits per heavy atom. The molecule has 2 rings (SSSR count). The maximum atomic E-state index is 5.77. The molecule has 14 heavy (non-hydrogen) atoms. The average molecular weight is 195 g/mol. The van der Waals surface area contributed by atoms with Gasteiger partial charge in [0.2, 0.25) is 0 Å². The predicted molar refractivity (Wildman–Crippen MR) is 54.0 cm³/mol. The lowest BCUT2D eigenvalue weighted by molar-refractivity contribution is 0.0239. The van der Waals surface area contributed by atoms with Crippen molar-refractivity contribution >= 4 is 0 Å². The summed E-state index contributed by atoms with van der Waals surface area (Å²) in [6.45, 7) is 2.81. The Labute approximate surface area is 84.4 Å². The first-order valence-corrected chi connectivity index (χ1v) is 5.30. The molecule has 1 aromatic rings. The number of nitrogens with one attached hydrogen (secondary N) is 1. The van der Waals surface area contributed by atoms with Gasteiger partial charge in [-0.1, -0.05) is 0 Å². The Bertz CT molecular complexity index is 238. The van der Waals surface area contributed by atoms with Crippen LogP contribution in [-0.2, 0) is 11.3 Å². The molecule has 0 aliphatic carbocycles. The molecule has 0 spiro atoms. The van der Waals surface area contributed by atoms with E-state index in [0.717, 1.165) is 31.7 Å². The molecule has 0 saturated carbocycles. The zero-order valence-corrected chi connectivity index (χ0v) is 8.37. The molecule has 2 heterocycles. The van der Waals surface area contributed by atoms with Crippen LogP contribution in [0.5, 0.6) is 0 Å². The summed E-state index contributed by atoms with van der Waals surface area (Å²) in [6.07, 6.45) is 5.57. The smallest absolute Gasteiger partial charge is 0.129 e. The highest BCUT2D eigenvalue weighted by atomic mass is 16.5. The molecule has 1 aliphatic rings. The van der Waals surface area contributed by atoms with Crippen molar-refractivity contribution in [2.24, 2.45) is 0 Å². The van der Waals surface area contributed by atoms with E-state index < -0.39 is 0 Å². The van der Waals surface area contributed by atoms with Crippen molar-refractivity contribution in [3.63, 3.8) is 0 Å². The van der Waals surface area contributed by atoms with Crippen LogP contribution in [-0.4, -0.2) is 19.2 Å². The highest BCUT2D eigenvalue weighted by Crippen LogP contribution is 2.12. The second kappa shape index (κ2) is 5.17. The largest absolute Gasteiger partial charge is 0.467 e. The summed E-state index contributed by atoms with van der Waals surface area (Å²) in [5, 5.41) is 3.37. The molecule has 0 amide bonds. The molecule has 0 bridgehead atoms. The van der Waals surface area contributed by atoms with Crippen molar-refractivity contribution in [1.29, 1.82) is 0 Å². The van der Waals surface area contributed by atoms with Crippen LogP contribution in [0.4, 0.5) is 0 Å². The van der Waals surface area contributed by atoms with Gasteiger partial charge in [-0.05, 0) is 44.5 Å². The van der Waals surface area contributed by atoms with Crippen LogP contribution in [0.25, 0.3) is 0 Å². The zero-order valence-electron chi connectivity index (χ0n) is 8.37. The lowest BCUT2D eigenvalue weighted by atomic mass is 10.2. The second-order valence-electron chi connectivity index (χ2n) is 3.69. The molecule has 1 saturated heterocycles. The number of rotatable bonds is 3. The first-order valence-electron chi connectivity index (χ1n) is 5.30. The van der Waals surface area contributed by atoms with E-state index in [4.69, 9.17) is 9.15 Å². The zero-order chi connectivity index (χ0) is 9.64. The third kappa shape index (κ3) is 2.86. The minimum absolute atomic E-state index is 0.398. The summed E-state index contributed by atoms with van der Waals surface area (Å²) in [6, 6.07) is 3.85. The predicted octanol–water partition coefficient (Wildman–Crippen LogP) is 1.94. The molecule has 1 N–H and O–H groups in total. The Hall–Kier alpha value is -0.800. The standard InChI is InChI=1S/C11H17NO2/c1-3-10(5-7-12-6-1)14-9-11-4-2-8-13-11/h2,4,8,10,12H,1,3,5-7,9H2. The lowest BCUT2D eigenvalue weighted by Gasteiger charge is -2.13. The fourth-order valence-electron chi connectivity index (χ4n) is 1.75. The van der Waals surface area contributed by atoms with Gasteiger partial charge in [-0.3, -0.25) is 0 Å². The Morgan fingerprint density at radius 2 is 2.43 bits per heavy atom. The molecule has 3 heteroatoms. The van der Waals surface area contributed by atoms with Crippen LogP contribution in [0.2, 0.25) is 0 Å². The first kappa shape index (κ1) is 9.74. The van der Waals surface area contributed by atoms with E-state index >= 15 is 0 Å². The lowest BCUT2D eigenvalue weighted by Crippen LogP contribution is -2.17. The van der Waals surface area contributed by atoms with Gasteiger partial charge in [0.05, 0.1) is 12.4 Å². The number of ether oxygens (including phenoxy) is 1. The van der Waals surface area contributed by atoms with Gasteiger partial charge in [-0.15, -0.1) is 0 Å². The van der Waals surface area contributed by atoms with Crippen LogP contribution in [0.15, 0.2) is 22.8 Å². The molecular formula is C11H17NO2. The second-order valence-corrected chi connectivity index (χ2v) is 3.69. The molecule has 1 aliphatic heterocycles. The first-order chi connectivity index (χ1) is 6.95. The van der Waals surface area contributed by atoms with Crippen molar-refractivity contribution in [3.05, 3.63) is 24.2 Å². The summed E-state index contributed by atoms with van der Waals surface area (Å²) in [7, 11) is 0. The normalized spacial score (nSPS) is 23.3. The maximum absolute atomic E-state index is 5.77. The highest BCUT2D eigenvalue weighted by molar-refractivity contribution is 4.96. The summed E-state index contributed by atoms with van der Waals surface area (Å²) in [5.41, 5.74) is 0. The molecule has 78 valence electrons. The van der Waals surface area contributed by atoms with Gasteiger partial charge in [-0.25, -0.2) is 0 Å². The van der Waals surface area contributed by atoms with Crippen molar-refractivity contribution < 1.29 is 9.15 Å². The van der Waals surface area contributed by atoms with E-state index in [9.17, 15) is 0 Å². The van der Waals surface area contributed by atoms with Gasteiger partial charge in [0.25, 0.3) is 0 Å². The van der Waals surface area contributed by atoms with Crippen molar-refractivity contribution in [3.8, 4) is 0 Å². The average Bonchev–Trinajstić information content (AvgIpc) is 2.58. The van der Waals surface area contributed by atoms with Crippen molar-refractivity contribution in [2.45, 2.75) is 32.0 Å². The SMILES string of the molecule is c1coc(COC2CCCNCC2)c1. The Balaban J connectivity index is 1.73. The molecule has 1 fully saturated rings. The molecule has 0 aromatic carbocycles. The van der Waals surface area contributed by atoms with Gasteiger partial charge in [0.1, 0.15) is 12.4 Å². The van der Waals surface area contributed by atoms with Crippen LogP contribution in [0, 0.1) is 0 Å². The Morgan fingerprint density at radius 1 is 1.43 bits per heavy atom. The number of hydrogen-bond acceptors (Lipinski definition) is 3. The molecule has 3 nitrogen and oxygen atoms in total. The minimum Gasteiger partial charge on any atom is -0.467 e. The van der Waals surface area contributed by atoms with Crippen LogP contribution in [0.1, 0.15) is 25.0 Å². The summed E-state index contributed by atoms with van der Waals surface area (Å²) in [4.78, 5) is 0. The van der Waals surface area contributed by atoms with E-state index in [2.05, 4.69) is 5.32 Å². The molecule has 0 radical (unpaired) electrons. The van der Waals surface area contributed by atoms with Gasteiger partial charge < -0.3 is 14.5 Å². The minimum atomic E-state index is 0.398. The number of hydrogen-bond donors (Lipinski definition) is 1. The van der Waals surface area contributed by atoms with Gasteiger partial charge >= 0.3 is 0 Å². The van der Waals surface area contributed by atoms with Crippen molar-refractivity contribution in [1.82, 2.24) is 5.32 Å². The van der Waals surface area contributed by atoms with E-state index in [1.165, 1.54) is 6.42 Å². The quantitative estimate of drug-likeness (QED) is 0.800. The van der Waals surface area contributed by atoms with Crippen LogP contribution in [0.3, 0.4) is 0 Å². The van der Waals surface area contributed by atoms with E-state index in [1.807, 2.05) is 12.1 Å². The van der Waals surface area contributed by atoms with Crippen LogP contribution >= 0.6 is 0 Å². The molecular weight excluding hydrogens is 178 g/mol. The Kier molecular flexibility index (Phi) is 3.60. The van der Waals surface area contributed by atoms with Gasteiger partial charge in [0.15, 0.2) is 0 Å². The summed E-state index contributed by atoms with van der Waals surface area (Å²) >= 11 is 0. The summed E-state index contributed by atoms with van der Waals surface area (Å²) < 4.78 is 11.0. The monoisotopic (exact) mass is 195 g/mol. The third-order valence-corrected chi connectivity index (χ3v) is 2.56. The fraction of sp³-hybridized carbons (Fsp3) is 0.636. The third-order valence-electron chi connectivity index (χ3n) is 2.56. The van der Waals surface area contributed by atoms with E-state index in [-0.39, 0.29) is 0 Å². The maximum Gasteiger partial charge on any atom is 0.129 e.